The predicted molar refractivity (Wildman–Crippen MR) is 71.9 cm³/mol. The highest BCUT2D eigenvalue weighted by molar-refractivity contribution is 4.95. The molecule has 2 N–H and O–H groups in total. The highest BCUT2D eigenvalue weighted by Gasteiger charge is 2.18. The SMILES string of the molecule is Cc1cnc(C(C)NCC(O)COC2CCCC2)o1. The zero-order valence-electron chi connectivity index (χ0n) is 11.8. The van der Waals surface area contributed by atoms with Crippen LogP contribution >= 0.6 is 0 Å². The van der Waals surface area contributed by atoms with E-state index in [0.29, 0.717) is 25.1 Å². The summed E-state index contributed by atoms with van der Waals surface area (Å²) in [7, 11) is 0. The number of nitrogens with one attached hydrogen (secondary N) is 1. The van der Waals surface area contributed by atoms with Crippen molar-refractivity contribution in [3.63, 3.8) is 0 Å². The van der Waals surface area contributed by atoms with Gasteiger partial charge in [0.05, 0.1) is 31.1 Å². The Hall–Kier alpha value is -0.910. The number of ether oxygens (including phenoxy) is 1. The average Bonchev–Trinajstić information content (AvgIpc) is 3.04. The molecule has 1 aliphatic carbocycles. The number of aliphatic hydroxyl groups is 1. The van der Waals surface area contributed by atoms with E-state index in [1.165, 1.54) is 12.8 Å². The van der Waals surface area contributed by atoms with Gasteiger partial charge < -0.3 is 19.6 Å². The van der Waals surface area contributed by atoms with E-state index >= 15 is 0 Å². The number of aliphatic hydroxyl groups excluding tert-OH is 1. The number of aromatic nitrogens is 1. The fraction of sp³-hybridized carbons (Fsp3) is 0.786. The van der Waals surface area contributed by atoms with Crippen molar-refractivity contribution in [1.82, 2.24) is 10.3 Å². The minimum atomic E-state index is -0.487. The number of rotatable bonds is 7. The summed E-state index contributed by atoms with van der Waals surface area (Å²) in [6.45, 7) is 4.72. The Morgan fingerprint density at radius 3 is 2.89 bits per heavy atom. The van der Waals surface area contributed by atoms with E-state index in [9.17, 15) is 5.11 Å². The van der Waals surface area contributed by atoms with Crippen molar-refractivity contribution in [2.75, 3.05) is 13.2 Å². The number of hydrogen-bond donors (Lipinski definition) is 2. The summed E-state index contributed by atoms with van der Waals surface area (Å²) in [5, 5.41) is 13.1. The summed E-state index contributed by atoms with van der Waals surface area (Å²) < 4.78 is 11.1. The van der Waals surface area contributed by atoms with Crippen molar-refractivity contribution in [3.8, 4) is 0 Å². The van der Waals surface area contributed by atoms with Crippen molar-refractivity contribution in [1.29, 1.82) is 0 Å². The minimum absolute atomic E-state index is 0.00479. The fourth-order valence-corrected chi connectivity index (χ4v) is 2.33. The zero-order valence-corrected chi connectivity index (χ0v) is 11.8. The summed E-state index contributed by atoms with van der Waals surface area (Å²) in [5.41, 5.74) is 0. The second kappa shape index (κ2) is 7.03. The molecule has 2 rings (SSSR count). The Balaban J connectivity index is 1.63. The van der Waals surface area contributed by atoms with Gasteiger partial charge in [-0.25, -0.2) is 4.98 Å². The van der Waals surface area contributed by atoms with Crippen molar-refractivity contribution < 1.29 is 14.3 Å². The molecular formula is C14H24N2O3. The van der Waals surface area contributed by atoms with E-state index < -0.39 is 6.10 Å². The Morgan fingerprint density at radius 2 is 2.26 bits per heavy atom. The first kappa shape index (κ1) is 14.5. The van der Waals surface area contributed by atoms with Crippen LogP contribution in [0, 0.1) is 6.92 Å². The maximum absolute atomic E-state index is 9.87. The van der Waals surface area contributed by atoms with Crippen molar-refractivity contribution in [2.45, 2.75) is 57.8 Å². The van der Waals surface area contributed by atoms with Gasteiger partial charge in [0.1, 0.15) is 5.76 Å². The van der Waals surface area contributed by atoms with Crippen LogP contribution in [0.2, 0.25) is 0 Å². The molecule has 0 aromatic carbocycles. The lowest BCUT2D eigenvalue weighted by atomic mass is 10.3. The first-order valence-corrected chi connectivity index (χ1v) is 7.10. The predicted octanol–water partition coefficient (Wildman–Crippen LogP) is 1.95. The Kier molecular flexibility index (Phi) is 5.36. The first-order valence-electron chi connectivity index (χ1n) is 7.10. The van der Waals surface area contributed by atoms with Crippen LogP contribution in [0.5, 0.6) is 0 Å². The highest BCUT2D eigenvalue weighted by atomic mass is 16.5. The first-order chi connectivity index (χ1) is 9.15. The zero-order chi connectivity index (χ0) is 13.7. The van der Waals surface area contributed by atoms with Crippen LogP contribution in [0.15, 0.2) is 10.6 Å². The monoisotopic (exact) mass is 268 g/mol. The van der Waals surface area contributed by atoms with Crippen molar-refractivity contribution in [2.24, 2.45) is 0 Å². The Morgan fingerprint density at radius 1 is 1.53 bits per heavy atom. The molecule has 5 nitrogen and oxygen atoms in total. The number of aryl methyl sites for hydroxylation is 1. The smallest absolute Gasteiger partial charge is 0.211 e. The normalized spacial score (nSPS) is 19.7. The maximum atomic E-state index is 9.87. The molecule has 5 heteroatoms. The summed E-state index contributed by atoms with van der Waals surface area (Å²) in [4.78, 5) is 4.16. The molecule has 0 saturated heterocycles. The molecule has 0 bridgehead atoms. The van der Waals surface area contributed by atoms with Gasteiger partial charge in [-0.15, -0.1) is 0 Å². The lowest BCUT2D eigenvalue weighted by Crippen LogP contribution is -2.33. The van der Waals surface area contributed by atoms with E-state index in [1.54, 1.807) is 6.20 Å². The maximum Gasteiger partial charge on any atom is 0.211 e. The topological polar surface area (TPSA) is 67.5 Å². The molecule has 1 aromatic rings. The molecule has 1 heterocycles. The van der Waals surface area contributed by atoms with Gasteiger partial charge in [-0.3, -0.25) is 0 Å². The van der Waals surface area contributed by atoms with E-state index in [-0.39, 0.29) is 6.04 Å². The average molecular weight is 268 g/mol. The number of oxazole rings is 1. The molecule has 0 amide bonds. The summed E-state index contributed by atoms with van der Waals surface area (Å²) in [6.07, 6.45) is 6.32. The molecule has 2 atom stereocenters. The molecule has 1 fully saturated rings. The standard InChI is InChI=1S/C14H24N2O3/c1-10-7-16-14(19-10)11(2)15-8-12(17)9-18-13-5-3-4-6-13/h7,11-13,15,17H,3-6,8-9H2,1-2H3. The van der Waals surface area contributed by atoms with Crippen LogP contribution in [-0.4, -0.2) is 35.5 Å². The quantitative estimate of drug-likeness (QED) is 0.791. The molecule has 1 saturated carbocycles. The molecule has 19 heavy (non-hydrogen) atoms. The van der Waals surface area contributed by atoms with Crippen LogP contribution < -0.4 is 5.32 Å². The lowest BCUT2D eigenvalue weighted by Gasteiger charge is -2.17. The molecule has 1 aliphatic rings. The van der Waals surface area contributed by atoms with Gasteiger partial charge in [-0.05, 0) is 26.7 Å². The summed E-state index contributed by atoms with van der Waals surface area (Å²) in [6, 6.07) is -0.00479. The molecule has 0 spiro atoms. The van der Waals surface area contributed by atoms with Gasteiger partial charge in [-0.2, -0.15) is 0 Å². The van der Waals surface area contributed by atoms with Gasteiger partial charge >= 0.3 is 0 Å². The largest absolute Gasteiger partial charge is 0.444 e. The van der Waals surface area contributed by atoms with Crippen LogP contribution in [0.1, 0.15) is 50.3 Å². The highest BCUT2D eigenvalue weighted by Crippen LogP contribution is 2.20. The molecule has 0 radical (unpaired) electrons. The van der Waals surface area contributed by atoms with Gasteiger partial charge in [-0.1, -0.05) is 12.8 Å². The van der Waals surface area contributed by atoms with E-state index in [1.807, 2.05) is 13.8 Å². The van der Waals surface area contributed by atoms with Crippen molar-refractivity contribution >= 4 is 0 Å². The third kappa shape index (κ3) is 4.60. The summed E-state index contributed by atoms with van der Waals surface area (Å²) in [5.74, 6) is 1.45. The van der Waals surface area contributed by atoms with Crippen LogP contribution in [-0.2, 0) is 4.74 Å². The third-order valence-corrected chi connectivity index (χ3v) is 3.50. The molecule has 1 aromatic heterocycles. The number of nitrogens with zero attached hydrogens (tertiary/aromatic N) is 1. The van der Waals surface area contributed by atoms with E-state index in [0.717, 1.165) is 18.6 Å². The fourth-order valence-electron chi connectivity index (χ4n) is 2.33. The second-order valence-corrected chi connectivity index (χ2v) is 5.33. The van der Waals surface area contributed by atoms with Gasteiger partial charge in [0.15, 0.2) is 0 Å². The van der Waals surface area contributed by atoms with E-state index in [2.05, 4.69) is 10.3 Å². The van der Waals surface area contributed by atoms with Crippen LogP contribution in [0.25, 0.3) is 0 Å². The molecule has 2 unspecified atom stereocenters. The molecule has 0 aliphatic heterocycles. The lowest BCUT2D eigenvalue weighted by molar-refractivity contribution is -0.00632. The second-order valence-electron chi connectivity index (χ2n) is 5.33. The Labute approximate surface area is 114 Å². The van der Waals surface area contributed by atoms with Crippen LogP contribution in [0.4, 0.5) is 0 Å². The van der Waals surface area contributed by atoms with Gasteiger partial charge in [0.25, 0.3) is 0 Å². The summed E-state index contributed by atoms with van der Waals surface area (Å²) >= 11 is 0. The molecule has 108 valence electrons. The van der Waals surface area contributed by atoms with Crippen molar-refractivity contribution in [3.05, 3.63) is 17.8 Å². The Bertz CT molecular complexity index is 375. The van der Waals surface area contributed by atoms with E-state index in [4.69, 9.17) is 9.15 Å². The third-order valence-electron chi connectivity index (χ3n) is 3.50. The van der Waals surface area contributed by atoms with Gasteiger partial charge in [0, 0.05) is 6.54 Å². The molecular weight excluding hydrogens is 244 g/mol. The van der Waals surface area contributed by atoms with Gasteiger partial charge in [0.2, 0.25) is 5.89 Å². The van der Waals surface area contributed by atoms with Crippen LogP contribution in [0.3, 0.4) is 0 Å². The minimum Gasteiger partial charge on any atom is -0.444 e. The number of hydrogen-bond acceptors (Lipinski definition) is 5.